The van der Waals surface area contributed by atoms with Gasteiger partial charge in [0.05, 0.1) is 24.0 Å². The van der Waals surface area contributed by atoms with Gasteiger partial charge in [-0.15, -0.1) is 0 Å². The summed E-state index contributed by atoms with van der Waals surface area (Å²) in [6.45, 7) is 1.86. The molecule has 1 atom stereocenters. The normalized spacial score (nSPS) is 12.3. The minimum Gasteiger partial charge on any atom is -0.344 e. The number of alkyl halides is 3. The van der Waals surface area contributed by atoms with E-state index in [1.54, 1.807) is 0 Å². The summed E-state index contributed by atoms with van der Waals surface area (Å²) in [4.78, 5) is 20.4. The van der Waals surface area contributed by atoms with Crippen LogP contribution in [0, 0.1) is 0 Å². The number of amides is 1. The first kappa shape index (κ1) is 19.3. The molecule has 2 N–H and O–H groups in total. The molecule has 0 fully saturated rings. The minimum absolute atomic E-state index is 0.140. The molecule has 0 bridgehead atoms. The second-order valence-electron chi connectivity index (χ2n) is 6.09. The Kier molecular flexibility index (Phi) is 5.58. The fourth-order valence-electron chi connectivity index (χ4n) is 2.50. The quantitative estimate of drug-likeness (QED) is 0.665. The van der Waals surface area contributed by atoms with E-state index in [0.717, 1.165) is 17.7 Å². The minimum atomic E-state index is -4.38. The molecule has 8 heteroatoms. The molecule has 1 amide bonds. The number of halogens is 3. The summed E-state index contributed by atoms with van der Waals surface area (Å²) >= 11 is 0. The lowest BCUT2D eigenvalue weighted by Crippen LogP contribution is -2.27. The van der Waals surface area contributed by atoms with Crippen molar-refractivity contribution < 1.29 is 18.0 Å². The van der Waals surface area contributed by atoms with E-state index in [0.29, 0.717) is 11.5 Å². The van der Waals surface area contributed by atoms with E-state index in [2.05, 4.69) is 20.6 Å². The summed E-state index contributed by atoms with van der Waals surface area (Å²) in [5, 5.41) is 5.68. The molecule has 0 saturated heterocycles. The highest BCUT2D eigenvalue weighted by atomic mass is 19.4. The van der Waals surface area contributed by atoms with Crippen molar-refractivity contribution in [3.63, 3.8) is 0 Å². The van der Waals surface area contributed by atoms with Crippen molar-refractivity contribution in [2.24, 2.45) is 0 Å². The number of nitrogens with zero attached hydrogens (tertiary/aromatic N) is 2. The number of rotatable bonds is 5. The lowest BCUT2D eigenvalue weighted by molar-refractivity contribution is -0.137. The smallest absolute Gasteiger partial charge is 0.344 e. The van der Waals surface area contributed by atoms with Gasteiger partial charge in [0.2, 0.25) is 0 Å². The Bertz CT molecular complexity index is 926. The van der Waals surface area contributed by atoms with Crippen molar-refractivity contribution in [2.75, 3.05) is 5.32 Å². The first-order valence-corrected chi connectivity index (χ1v) is 8.45. The zero-order valence-corrected chi connectivity index (χ0v) is 14.9. The van der Waals surface area contributed by atoms with Crippen molar-refractivity contribution >= 4 is 17.4 Å². The summed E-state index contributed by atoms with van der Waals surface area (Å²) in [6, 6.07) is 13.8. The number of hydrogen-bond donors (Lipinski definition) is 2. The predicted octanol–water partition coefficient (Wildman–Crippen LogP) is 4.73. The van der Waals surface area contributed by atoms with Crippen LogP contribution < -0.4 is 10.6 Å². The SMILES string of the molecule is CC(NC(=O)c1cnc(Nc2ccc(C(F)(F)F)cc2)cn1)c1ccccc1. The van der Waals surface area contributed by atoms with E-state index in [9.17, 15) is 18.0 Å². The molecule has 1 heterocycles. The fraction of sp³-hybridized carbons (Fsp3) is 0.150. The van der Waals surface area contributed by atoms with Crippen LogP contribution in [0.4, 0.5) is 24.7 Å². The number of carbonyl (C=O) groups is 1. The molecular formula is C20H17F3N4O. The Labute approximate surface area is 159 Å². The third-order valence-electron chi connectivity index (χ3n) is 4.02. The van der Waals surface area contributed by atoms with Gasteiger partial charge in [0.15, 0.2) is 0 Å². The second-order valence-corrected chi connectivity index (χ2v) is 6.09. The third kappa shape index (κ3) is 4.85. The van der Waals surface area contributed by atoms with E-state index in [-0.39, 0.29) is 17.6 Å². The molecule has 144 valence electrons. The highest BCUT2D eigenvalue weighted by molar-refractivity contribution is 5.92. The fourth-order valence-corrected chi connectivity index (χ4v) is 2.50. The largest absolute Gasteiger partial charge is 0.416 e. The zero-order valence-electron chi connectivity index (χ0n) is 14.9. The van der Waals surface area contributed by atoms with Gasteiger partial charge in [-0.2, -0.15) is 13.2 Å². The lowest BCUT2D eigenvalue weighted by atomic mass is 10.1. The lowest BCUT2D eigenvalue weighted by Gasteiger charge is -2.14. The van der Waals surface area contributed by atoms with Gasteiger partial charge in [-0.05, 0) is 36.8 Å². The molecule has 0 aliphatic carbocycles. The van der Waals surface area contributed by atoms with Gasteiger partial charge < -0.3 is 10.6 Å². The van der Waals surface area contributed by atoms with Gasteiger partial charge in [0.1, 0.15) is 11.5 Å². The van der Waals surface area contributed by atoms with Crippen LogP contribution in [0.5, 0.6) is 0 Å². The molecule has 0 aliphatic rings. The van der Waals surface area contributed by atoms with Gasteiger partial charge >= 0.3 is 6.18 Å². The maximum absolute atomic E-state index is 12.6. The van der Waals surface area contributed by atoms with Gasteiger partial charge in [-0.1, -0.05) is 30.3 Å². The first-order chi connectivity index (χ1) is 13.3. The van der Waals surface area contributed by atoms with Crippen LogP contribution in [-0.4, -0.2) is 15.9 Å². The monoisotopic (exact) mass is 386 g/mol. The Morgan fingerprint density at radius 2 is 1.64 bits per heavy atom. The maximum atomic E-state index is 12.6. The number of hydrogen-bond acceptors (Lipinski definition) is 4. The van der Waals surface area contributed by atoms with Gasteiger partial charge in [0, 0.05) is 5.69 Å². The van der Waals surface area contributed by atoms with E-state index in [4.69, 9.17) is 0 Å². The molecule has 1 aromatic heterocycles. The van der Waals surface area contributed by atoms with Crippen LogP contribution in [0.1, 0.15) is 34.6 Å². The van der Waals surface area contributed by atoms with Crippen molar-refractivity contribution in [1.29, 1.82) is 0 Å². The summed E-state index contributed by atoms with van der Waals surface area (Å²) in [5.41, 5.74) is 0.797. The summed E-state index contributed by atoms with van der Waals surface area (Å²) in [5.74, 6) is -0.0580. The second kappa shape index (κ2) is 8.08. The average molecular weight is 386 g/mol. The Balaban J connectivity index is 1.62. The van der Waals surface area contributed by atoms with Crippen LogP contribution in [0.2, 0.25) is 0 Å². The van der Waals surface area contributed by atoms with Gasteiger partial charge in [-0.25, -0.2) is 9.97 Å². The van der Waals surface area contributed by atoms with Crippen LogP contribution in [0.25, 0.3) is 0 Å². The number of nitrogens with one attached hydrogen (secondary N) is 2. The molecule has 3 aromatic rings. The Hall–Kier alpha value is -3.42. The van der Waals surface area contributed by atoms with E-state index in [1.807, 2.05) is 37.3 Å². The number of carbonyl (C=O) groups excluding carboxylic acids is 1. The zero-order chi connectivity index (χ0) is 20.1. The Morgan fingerprint density at radius 3 is 2.21 bits per heavy atom. The molecular weight excluding hydrogens is 369 g/mol. The molecule has 5 nitrogen and oxygen atoms in total. The van der Waals surface area contributed by atoms with Crippen molar-refractivity contribution in [2.45, 2.75) is 19.1 Å². The predicted molar refractivity (Wildman–Crippen MR) is 99.1 cm³/mol. The van der Waals surface area contributed by atoms with Gasteiger partial charge in [0.25, 0.3) is 5.91 Å². The molecule has 0 spiro atoms. The van der Waals surface area contributed by atoms with Crippen LogP contribution in [0.15, 0.2) is 67.0 Å². The van der Waals surface area contributed by atoms with Crippen LogP contribution in [-0.2, 0) is 6.18 Å². The van der Waals surface area contributed by atoms with E-state index >= 15 is 0 Å². The molecule has 3 rings (SSSR count). The number of benzene rings is 2. The number of anilines is 2. The molecule has 0 radical (unpaired) electrons. The van der Waals surface area contributed by atoms with Crippen LogP contribution >= 0.6 is 0 Å². The van der Waals surface area contributed by atoms with Gasteiger partial charge in [-0.3, -0.25) is 4.79 Å². The third-order valence-corrected chi connectivity index (χ3v) is 4.02. The average Bonchev–Trinajstić information content (AvgIpc) is 2.69. The van der Waals surface area contributed by atoms with Crippen molar-refractivity contribution in [3.05, 3.63) is 83.8 Å². The van der Waals surface area contributed by atoms with Crippen molar-refractivity contribution in [3.8, 4) is 0 Å². The van der Waals surface area contributed by atoms with E-state index < -0.39 is 11.7 Å². The topological polar surface area (TPSA) is 66.9 Å². The molecule has 28 heavy (non-hydrogen) atoms. The summed E-state index contributed by atoms with van der Waals surface area (Å²) in [6.07, 6.45) is -1.73. The highest BCUT2D eigenvalue weighted by Gasteiger charge is 2.29. The molecule has 0 aliphatic heterocycles. The molecule has 1 unspecified atom stereocenters. The molecule has 2 aromatic carbocycles. The van der Waals surface area contributed by atoms with E-state index in [1.165, 1.54) is 24.5 Å². The number of aromatic nitrogens is 2. The van der Waals surface area contributed by atoms with Crippen LogP contribution in [0.3, 0.4) is 0 Å². The molecule has 0 saturated carbocycles. The highest BCUT2D eigenvalue weighted by Crippen LogP contribution is 2.30. The van der Waals surface area contributed by atoms with Crippen molar-refractivity contribution in [1.82, 2.24) is 15.3 Å². The summed E-state index contributed by atoms with van der Waals surface area (Å²) in [7, 11) is 0. The standard InChI is InChI=1S/C20H17F3N4O/c1-13(14-5-3-2-4-6-14)26-19(28)17-11-25-18(12-24-17)27-16-9-7-15(8-10-16)20(21,22)23/h2-13H,1H3,(H,25,27)(H,26,28). The first-order valence-electron chi connectivity index (χ1n) is 8.45. The summed E-state index contributed by atoms with van der Waals surface area (Å²) < 4.78 is 37.8. The maximum Gasteiger partial charge on any atom is 0.416 e. The Morgan fingerprint density at radius 1 is 0.964 bits per heavy atom.